The number of hydrogen-bond donors (Lipinski definition) is 4. The van der Waals surface area contributed by atoms with E-state index in [1.54, 1.807) is 0 Å². The summed E-state index contributed by atoms with van der Waals surface area (Å²) in [5.41, 5.74) is 0. The van der Waals surface area contributed by atoms with Crippen LogP contribution in [-0.4, -0.2) is 89.0 Å². The highest BCUT2D eigenvalue weighted by Gasteiger charge is 2.44. The van der Waals surface area contributed by atoms with E-state index >= 15 is 0 Å². The monoisotopic (exact) mass is 823 g/mol. The molecular formula is C48H86O10. The summed E-state index contributed by atoms with van der Waals surface area (Å²) in [5.74, 6) is -0.819. The van der Waals surface area contributed by atoms with Crippen LogP contribution in [0.5, 0.6) is 0 Å². The maximum absolute atomic E-state index is 12.8. The van der Waals surface area contributed by atoms with Crippen molar-refractivity contribution >= 4 is 11.9 Å². The number of allylic oxidation sites excluding steroid dienone is 6. The maximum Gasteiger partial charge on any atom is 0.306 e. The molecular weight excluding hydrogens is 737 g/mol. The van der Waals surface area contributed by atoms with Gasteiger partial charge in [-0.2, -0.15) is 0 Å². The molecule has 1 rings (SSSR count). The van der Waals surface area contributed by atoms with Gasteiger partial charge < -0.3 is 39.4 Å². The first-order chi connectivity index (χ1) is 28.3. The van der Waals surface area contributed by atoms with Gasteiger partial charge >= 0.3 is 11.9 Å². The molecule has 58 heavy (non-hydrogen) atoms. The predicted octanol–water partition coefficient (Wildman–Crippen LogP) is 10.3. The van der Waals surface area contributed by atoms with Crippen molar-refractivity contribution in [1.82, 2.24) is 0 Å². The molecule has 0 aromatic carbocycles. The lowest BCUT2D eigenvalue weighted by Crippen LogP contribution is -2.59. The van der Waals surface area contributed by atoms with Crippen molar-refractivity contribution in [3.8, 4) is 0 Å². The van der Waals surface area contributed by atoms with E-state index in [4.69, 9.17) is 18.9 Å². The van der Waals surface area contributed by atoms with Crippen LogP contribution < -0.4 is 0 Å². The Labute approximate surface area is 353 Å². The number of esters is 2. The maximum atomic E-state index is 12.8. The van der Waals surface area contributed by atoms with Gasteiger partial charge in [-0.3, -0.25) is 9.59 Å². The molecule has 0 aliphatic carbocycles. The Balaban J connectivity index is 2.25. The van der Waals surface area contributed by atoms with E-state index in [1.807, 2.05) is 0 Å². The average molecular weight is 823 g/mol. The highest BCUT2D eigenvalue weighted by molar-refractivity contribution is 5.70. The molecule has 6 atom stereocenters. The molecule has 0 saturated carbocycles. The third kappa shape index (κ3) is 30.0. The van der Waals surface area contributed by atoms with Crippen molar-refractivity contribution in [2.24, 2.45) is 0 Å². The van der Waals surface area contributed by atoms with Gasteiger partial charge in [0.05, 0.1) is 13.2 Å². The molecule has 1 fully saturated rings. The molecule has 10 heteroatoms. The lowest BCUT2D eigenvalue weighted by Gasteiger charge is -2.39. The van der Waals surface area contributed by atoms with Gasteiger partial charge in [-0.15, -0.1) is 0 Å². The van der Waals surface area contributed by atoms with Crippen LogP contribution in [0.4, 0.5) is 0 Å². The molecule has 0 amide bonds. The van der Waals surface area contributed by atoms with Crippen LogP contribution in [0.3, 0.4) is 0 Å². The fourth-order valence-corrected chi connectivity index (χ4v) is 6.99. The average Bonchev–Trinajstić information content (AvgIpc) is 3.22. The number of unbranched alkanes of at least 4 members (excludes halogenated alkanes) is 22. The molecule has 1 aliphatic heterocycles. The Bertz CT molecular complexity index is 1040. The van der Waals surface area contributed by atoms with Gasteiger partial charge in [-0.25, -0.2) is 0 Å². The number of carbonyl (C=O) groups excluding carboxylic acids is 2. The molecule has 0 aromatic rings. The molecule has 0 bridgehead atoms. The summed E-state index contributed by atoms with van der Waals surface area (Å²) in [7, 11) is 0. The van der Waals surface area contributed by atoms with Gasteiger partial charge in [0.25, 0.3) is 0 Å². The van der Waals surface area contributed by atoms with Crippen LogP contribution >= 0.6 is 0 Å². The van der Waals surface area contributed by atoms with Gasteiger partial charge in [-0.05, 0) is 64.2 Å². The largest absolute Gasteiger partial charge is 0.462 e. The first kappa shape index (κ1) is 53.9. The van der Waals surface area contributed by atoms with Gasteiger partial charge in [-0.1, -0.05) is 159 Å². The van der Waals surface area contributed by atoms with Crippen LogP contribution in [0, 0.1) is 0 Å². The molecule has 6 unspecified atom stereocenters. The normalized spacial score (nSPS) is 20.4. The molecule has 1 aliphatic rings. The van der Waals surface area contributed by atoms with E-state index < -0.39 is 49.4 Å². The fraction of sp³-hybridized carbons (Fsp3) is 0.833. The molecule has 0 spiro atoms. The van der Waals surface area contributed by atoms with Gasteiger partial charge in [0, 0.05) is 12.8 Å². The summed E-state index contributed by atoms with van der Waals surface area (Å²) in [5, 5.41) is 40.1. The third-order valence-corrected chi connectivity index (χ3v) is 10.7. The minimum absolute atomic E-state index is 0.222. The molecule has 1 heterocycles. The Morgan fingerprint density at radius 1 is 0.534 bits per heavy atom. The minimum Gasteiger partial charge on any atom is -0.462 e. The number of hydrogen-bond acceptors (Lipinski definition) is 10. The summed E-state index contributed by atoms with van der Waals surface area (Å²) in [4.78, 5) is 25.3. The summed E-state index contributed by atoms with van der Waals surface area (Å²) in [6, 6.07) is 0. The van der Waals surface area contributed by atoms with Gasteiger partial charge in [0.15, 0.2) is 12.4 Å². The summed E-state index contributed by atoms with van der Waals surface area (Å²) in [6.07, 6.45) is 37.3. The quantitative estimate of drug-likeness (QED) is 0.0268. The molecule has 10 nitrogen and oxygen atoms in total. The summed E-state index contributed by atoms with van der Waals surface area (Å²) in [6.45, 7) is 3.34. The first-order valence-corrected chi connectivity index (χ1v) is 23.6. The fourth-order valence-electron chi connectivity index (χ4n) is 6.99. The van der Waals surface area contributed by atoms with Crippen molar-refractivity contribution in [3.63, 3.8) is 0 Å². The zero-order chi connectivity index (χ0) is 42.3. The van der Waals surface area contributed by atoms with Crippen LogP contribution in [-0.2, 0) is 28.5 Å². The second-order valence-corrected chi connectivity index (χ2v) is 16.2. The zero-order valence-corrected chi connectivity index (χ0v) is 36.8. The Morgan fingerprint density at radius 2 is 1.00 bits per heavy atom. The Hall–Kier alpha value is -2.08. The van der Waals surface area contributed by atoms with E-state index in [9.17, 15) is 30.0 Å². The minimum atomic E-state index is -1.60. The van der Waals surface area contributed by atoms with E-state index in [0.717, 1.165) is 64.2 Å². The third-order valence-electron chi connectivity index (χ3n) is 10.7. The molecule has 338 valence electrons. The lowest BCUT2D eigenvalue weighted by molar-refractivity contribution is -0.305. The van der Waals surface area contributed by atoms with Crippen LogP contribution in [0.2, 0.25) is 0 Å². The molecule has 1 saturated heterocycles. The van der Waals surface area contributed by atoms with Crippen LogP contribution in [0.15, 0.2) is 36.5 Å². The summed E-state index contributed by atoms with van der Waals surface area (Å²) >= 11 is 0. The second kappa shape index (κ2) is 39.1. The Kier molecular flexibility index (Phi) is 36.3. The second-order valence-electron chi connectivity index (χ2n) is 16.2. The van der Waals surface area contributed by atoms with Crippen molar-refractivity contribution in [2.45, 2.75) is 237 Å². The highest BCUT2D eigenvalue weighted by Crippen LogP contribution is 2.23. The molecule has 0 radical (unpaired) electrons. The number of carbonyl (C=O) groups is 2. The Morgan fingerprint density at radius 3 is 1.52 bits per heavy atom. The molecule has 4 N–H and O–H groups in total. The van der Waals surface area contributed by atoms with Crippen LogP contribution in [0.25, 0.3) is 0 Å². The van der Waals surface area contributed by atoms with Crippen molar-refractivity contribution < 1.29 is 49.0 Å². The van der Waals surface area contributed by atoms with Gasteiger partial charge in [0.1, 0.15) is 31.0 Å². The standard InChI is InChI=1S/C48H86O10/c1-3-5-7-9-11-13-15-16-17-18-19-20-21-22-23-24-25-26-27-29-31-33-35-37-44(51)57-41(40-56-48-47(54)46(53)45(52)42(38-49)58-48)39-55-43(50)36-34-32-30-28-14-12-10-8-6-4-2/h8,10,15-16,18-19,41-42,45-49,52-54H,3-7,9,11-14,17,20-40H2,1-2H3/b10-8-,16-15-,19-18-. The lowest BCUT2D eigenvalue weighted by atomic mass is 9.99. The topological polar surface area (TPSA) is 152 Å². The van der Waals surface area contributed by atoms with E-state index in [-0.39, 0.29) is 32.0 Å². The predicted molar refractivity (Wildman–Crippen MR) is 233 cm³/mol. The zero-order valence-electron chi connectivity index (χ0n) is 36.8. The number of aliphatic hydroxyl groups is 4. The highest BCUT2D eigenvalue weighted by atomic mass is 16.7. The number of ether oxygens (including phenoxy) is 4. The number of rotatable bonds is 39. The van der Waals surface area contributed by atoms with Crippen molar-refractivity contribution in [2.75, 3.05) is 19.8 Å². The van der Waals surface area contributed by atoms with E-state index in [1.165, 1.54) is 96.3 Å². The van der Waals surface area contributed by atoms with Crippen molar-refractivity contribution in [1.29, 1.82) is 0 Å². The SMILES string of the molecule is CCC/C=C\CCCCCCCC(=O)OCC(COC1OC(CO)C(O)C(O)C1O)OC(=O)CCCCCCCCCCCCC/C=C\C/C=C\CCCCCCC. The molecule has 0 aromatic heterocycles. The van der Waals surface area contributed by atoms with Crippen LogP contribution in [0.1, 0.15) is 200 Å². The smallest absolute Gasteiger partial charge is 0.306 e. The van der Waals surface area contributed by atoms with Gasteiger partial charge in [0.2, 0.25) is 0 Å². The van der Waals surface area contributed by atoms with E-state index in [0.29, 0.717) is 12.8 Å². The first-order valence-electron chi connectivity index (χ1n) is 23.6. The number of aliphatic hydroxyl groups excluding tert-OH is 4. The summed E-state index contributed by atoms with van der Waals surface area (Å²) < 4.78 is 22.1. The van der Waals surface area contributed by atoms with E-state index in [2.05, 4.69) is 50.3 Å². The van der Waals surface area contributed by atoms with Crippen molar-refractivity contribution in [3.05, 3.63) is 36.5 Å².